The van der Waals surface area contributed by atoms with Crippen LogP contribution in [-0.4, -0.2) is 23.1 Å². The summed E-state index contributed by atoms with van der Waals surface area (Å²) in [6, 6.07) is 5.29. The van der Waals surface area contributed by atoms with E-state index < -0.39 is 5.76 Å². The van der Waals surface area contributed by atoms with Gasteiger partial charge in [0.25, 0.3) is 0 Å². The summed E-state index contributed by atoms with van der Waals surface area (Å²) < 4.78 is 4.93. The molecular weight excluding hydrogens is 258 g/mol. The molecule has 0 aliphatic rings. The third-order valence-electron chi connectivity index (χ3n) is 2.67. The number of fused-ring (bicyclic) bond motifs is 1. The van der Waals surface area contributed by atoms with Gasteiger partial charge in [-0.1, -0.05) is 6.07 Å². The Labute approximate surface area is 116 Å². The van der Waals surface area contributed by atoms with Crippen molar-refractivity contribution >= 4 is 17.1 Å². The lowest BCUT2D eigenvalue weighted by atomic mass is 10.1. The number of aromatic amines is 1. The van der Waals surface area contributed by atoms with Crippen molar-refractivity contribution in [3.8, 4) is 0 Å². The Morgan fingerprint density at radius 1 is 1.35 bits per heavy atom. The SMILES string of the molecule is CC(C)(C)NC(=O)NCCc1ccc2oc(=O)[nH]c2c1. The molecule has 2 aromatic rings. The van der Waals surface area contributed by atoms with E-state index in [0.29, 0.717) is 24.1 Å². The van der Waals surface area contributed by atoms with Crippen LogP contribution in [0.3, 0.4) is 0 Å². The summed E-state index contributed by atoms with van der Waals surface area (Å²) in [5.74, 6) is -0.458. The van der Waals surface area contributed by atoms with Crippen molar-refractivity contribution in [2.75, 3.05) is 6.54 Å². The Morgan fingerprint density at radius 3 is 2.80 bits per heavy atom. The third kappa shape index (κ3) is 3.88. The van der Waals surface area contributed by atoms with Crippen LogP contribution in [0.15, 0.2) is 27.4 Å². The van der Waals surface area contributed by atoms with Crippen LogP contribution in [0.25, 0.3) is 11.1 Å². The molecule has 3 N–H and O–H groups in total. The summed E-state index contributed by atoms with van der Waals surface area (Å²) in [5.41, 5.74) is 1.98. The van der Waals surface area contributed by atoms with Gasteiger partial charge < -0.3 is 15.1 Å². The molecule has 6 nitrogen and oxygen atoms in total. The summed E-state index contributed by atoms with van der Waals surface area (Å²) in [4.78, 5) is 25.2. The molecule has 2 amide bonds. The third-order valence-corrected chi connectivity index (χ3v) is 2.67. The molecule has 2 rings (SSSR count). The van der Waals surface area contributed by atoms with Gasteiger partial charge in [0.15, 0.2) is 5.58 Å². The van der Waals surface area contributed by atoms with Gasteiger partial charge in [-0.25, -0.2) is 9.59 Å². The Hall–Kier alpha value is -2.24. The maximum Gasteiger partial charge on any atom is 0.417 e. The van der Waals surface area contributed by atoms with Crippen LogP contribution in [-0.2, 0) is 6.42 Å². The molecule has 0 bridgehead atoms. The lowest BCUT2D eigenvalue weighted by Gasteiger charge is -2.20. The fraction of sp³-hybridized carbons (Fsp3) is 0.429. The number of carbonyl (C=O) groups excluding carboxylic acids is 1. The van der Waals surface area contributed by atoms with Crippen molar-refractivity contribution in [3.63, 3.8) is 0 Å². The molecule has 0 atom stereocenters. The molecule has 0 unspecified atom stereocenters. The molecule has 0 aliphatic heterocycles. The zero-order valence-corrected chi connectivity index (χ0v) is 11.9. The van der Waals surface area contributed by atoms with Crippen molar-refractivity contribution in [3.05, 3.63) is 34.3 Å². The van der Waals surface area contributed by atoms with Crippen molar-refractivity contribution in [1.82, 2.24) is 15.6 Å². The monoisotopic (exact) mass is 277 g/mol. The molecule has 108 valence electrons. The second kappa shape index (κ2) is 5.40. The molecular formula is C14H19N3O3. The first-order valence-corrected chi connectivity index (χ1v) is 6.51. The number of carbonyl (C=O) groups is 1. The van der Waals surface area contributed by atoms with Crippen LogP contribution in [0.2, 0.25) is 0 Å². The second-order valence-corrected chi connectivity index (χ2v) is 5.73. The molecule has 0 spiro atoms. The highest BCUT2D eigenvalue weighted by Gasteiger charge is 2.12. The topological polar surface area (TPSA) is 87.1 Å². The number of nitrogens with one attached hydrogen (secondary N) is 3. The van der Waals surface area contributed by atoms with E-state index in [1.807, 2.05) is 32.9 Å². The van der Waals surface area contributed by atoms with Crippen molar-refractivity contribution in [1.29, 1.82) is 0 Å². The van der Waals surface area contributed by atoms with Gasteiger partial charge in [0, 0.05) is 12.1 Å². The van der Waals surface area contributed by atoms with E-state index in [2.05, 4.69) is 15.6 Å². The predicted molar refractivity (Wildman–Crippen MR) is 76.8 cm³/mol. The molecule has 1 heterocycles. The minimum absolute atomic E-state index is 0.185. The summed E-state index contributed by atoms with van der Waals surface area (Å²) in [7, 11) is 0. The van der Waals surface area contributed by atoms with Gasteiger partial charge in [-0.3, -0.25) is 4.98 Å². The smallest absolute Gasteiger partial charge is 0.408 e. The highest BCUT2D eigenvalue weighted by molar-refractivity contribution is 5.75. The van der Waals surface area contributed by atoms with E-state index in [9.17, 15) is 9.59 Å². The normalized spacial score (nSPS) is 11.6. The molecule has 6 heteroatoms. The predicted octanol–water partition coefficient (Wildman–Crippen LogP) is 1.76. The highest BCUT2D eigenvalue weighted by atomic mass is 16.4. The van der Waals surface area contributed by atoms with E-state index in [0.717, 1.165) is 5.56 Å². The van der Waals surface area contributed by atoms with E-state index in [-0.39, 0.29) is 11.6 Å². The first-order chi connectivity index (χ1) is 9.33. The van der Waals surface area contributed by atoms with E-state index in [1.54, 1.807) is 6.07 Å². The largest absolute Gasteiger partial charge is 0.417 e. The van der Waals surface area contributed by atoms with Gasteiger partial charge in [0.05, 0.1) is 5.52 Å². The minimum atomic E-state index is -0.458. The number of aromatic nitrogens is 1. The zero-order chi connectivity index (χ0) is 14.8. The number of rotatable bonds is 3. The molecule has 1 aromatic carbocycles. The summed E-state index contributed by atoms with van der Waals surface area (Å²) >= 11 is 0. The van der Waals surface area contributed by atoms with Crippen LogP contribution >= 0.6 is 0 Å². The molecule has 0 radical (unpaired) electrons. The maximum atomic E-state index is 11.6. The number of benzene rings is 1. The zero-order valence-electron chi connectivity index (χ0n) is 11.9. The molecule has 1 aromatic heterocycles. The van der Waals surface area contributed by atoms with Crippen molar-refractivity contribution in [2.45, 2.75) is 32.7 Å². The van der Waals surface area contributed by atoms with Gasteiger partial charge in [0.2, 0.25) is 0 Å². The average molecular weight is 277 g/mol. The summed E-state index contributed by atoms with van der Waals surface area (Å²) in [6.45, 7) is 6.30. The molecule has 0 saturated carbocycles. The number of H-pyrrole nitrogens is 1. The van der Waals surface area contributed by atoms with Crippen LogP contribution in [0.5, 0.6) is 0 Å². The van der Waals surface area contributed by atoms with E-state index in [1.165, 1.54) is 0 Å². The Morgan fingerprint density at radius 2 is 2.10 bits per heavy atom. The molecule has 20 heavy (non-hydrogen) atoms. The van der Waals surface area contributed by atoms with Crippen molar-refractivity contribution < 1.29 is 9.21 Å². The second-order valence-electron chi connectivity index (χ2n) is 5.73. The molecule has 0 fully saturated rings. The Balaban J connectivity index is 1.89. The number of hydrogen-bond donors (Lipinski definition) is 3. The standard InChI is InChI=1S/C14H19N3O3/c1-14(2,3)17-12(18)15-7-6-9-4-5-11-10(8-9)16-13(19)20-11/h4-5,8H,6-7H2,1-3H3,(H,16,19)(H2,15,17,18). The maximum absolute atomic E-state index is 11.6. The molecule has 0 saturated heterocycles. The first-order valence-electron chi connectivity index (χ1n) is 6.51. The van der Waals surface area contributed by atoms with Gasteiger partial charge in [0.1, 0.15) is 0 Å². The van der Waals surface area contributed by atoms with E-state index in [4.69, 9.17) is 4.42 Å². The number of amides is 2. The highest BCUT2D eigenvalue weighted by Crippen LogP contribution is 2.12. The van der Waals surface area contributed by atoms with Crippen LogP contribution < -0.4 is 16.4 Å². The van der Waals surface area contributed by atoms with Gasteiger partial charge >= 0.3 is 11.8 Å². The van der Waals surface area contributed by atoms with Crippen LogP contribution in [0.1, 0.15) is 26.3 Å². The Bertz CT molecular complexity index is 664. The number of urea groups is 1. The van der Waals surface area contributed by atoms with Gasteiger partial charge in [-0.05, 0) is 44.9 Å². The average Bonchev–Trinajstić information content (AvgIpc) is 2.66. The van der Waals surface area contributed by atoms with Gasteiger partial charge in [-0.15, -0.1) is 0 Å². The van der Waals surface area contributed by atoms with Crippen LogP contribution in [0, 0.1) is 0 Å². The van der Waals surface area contributed by atoms with Crippen molar-refractivity contribution in [2.24, 2.45) is 0 Å². The number of oxazole rings is 1. The molecule has 0 aliphatic carbocycles. The summed E-state index contributed by atoms with van der Waals surface area (Å²) in [6.07, 6.45) is 0.681. The first kappa shape index (κ1) is 14.2. The fourth-order valence-electron chi connectivity index (χ4n) is 1.86. The lowest BCUT2D eigenvalue weighted by molar-refractivity contribution is 0.232. The fourth-order valence-corrected chi connectivity index (χ4v) is 1.86. The van der Waals surface area contributed by atoms with Gasteiger partial charge in [-0.2, -0.15) is 0 Å². The quantitative estimate of drug-likeness (QED) is 0.799. The number of hydrogen-bond acceptors (Lipinski definition) is 3. The minimum Gasteiger partial charge on any atom is -0.408 e. The van der Waals surface area contributed by atoms with E-state index >= 15 is 0 Å². The van der Waals surface area contributed by atoms with Crippen LogP contribution in [0.4, 0.5) is 4.79 Å². The Kier molecular flexibility index (Phi) is 3.83. The lowest BCUT2D eigenvalue weighted by Crippen LogP contribution is -2.46. The summed E-state index contributed by atoms with van der Waals surface area (Å²) in [5, 5.41) is 5.62.